The lowest BCUT2D eigenvalue weighted by Gasteiger charge is -1.92. The zero-order valence-electron chi connectivity index (χ0n) is 4.69. The summed E-state index contributed by atoms with van der Waals surface area (Å²) >= 11 is 5.50. The maximum Gasteiger partial charge on any atom is 0.0657 e. The molecule has 4 N–H and O–H groups in total. The fraction of sp³-hybridized carbons (Fsp3) is 0.200. The van der Waals surface area contributed by atoms with E-state index in [4.69, 9.17) is 23.1 Å². The fourth-order valence-electron chi connectivity index (χ4n) is 0.246. The number of allylic oxidation sites excluding steroid dienone is 2. The van der Waals surface area contributed by atoms with Gasteiger partial charge in [-0.3, -0.25) is 0 Å². The van der Waals surface area contributed by atoms with Gasteiger partial charge in [-0.05, 0) is 6.92 Å². The zero-order chi connectivity index (χ0) is 6.57. The van der Waals surface area contributed by atoms with E-state index in [2.05, 4.69) is 0 Å². The van der Waals surface area contributed by atoms with E-state index in [0.717, 1.165) is 0 Å². The molecular weight excluding hydrogens is 124 g/mol. The van der Waals surface area contributed by atoms with E-state index in [0.29, 0.717) is 10.7 Å². The van der Waals surface area contributed by atoms with Gasteiger partial charge in [0.1, 0.15) is 0 Å². The first kappa shape index (κ1) is 7.37. The summed E-state index contributed by atoms with van der Waals surface area (Å²) in [6.07, 6.45) is 2.95. The van der Waals surface area contributed by atoms with Gasteiger partial charge in [-0.25, -0.2) is 0 Å². The van der Waals surface area contributed by atoms with Crippen LogP contribution in [0.3, 0.4) is 0 Å². The number of nitrogens with two attached hydrogens (primary N) is 2. The van der Waals surface area contributed by atoms with Gasteiger partial charge in [-0.15, -0.1) is 0 Å². The molecule has 0 spiro atoms. The highest BCUT2D eigenvalue weighted by Gasteiger charge is 1.89. The van der Waals surface area contributed by atoms with Crippen LogP contribution in [0.2, 0.25) is 0 Å². The number of rotatable bonds is 1. The van der Waals surface area contributed by atoms with Gasteiger partial charge in [0.2, 0.25) is 0 Å². The van der Waals surface area contributed by atoms with Crippen molar-refractivity contribution in [3.8, 4) is 0 Å². The molecule has 0 aliphatic carbocycles. The molecular formula is C5H9ClN2. The van der Waals surface area contributed by atoms with E-state index in [-0.39, 0.29) is 0 Å². The van der Waals surface area contributed by atoms with E-state index in [1.54, 1.807) is 13.0 Å². The smallest absolute Gasteiger partial charge is 0.0657 e. The Morgan fingerprint density at radius 1 is 1.62 bits per heavy atom. The van der Waals surface area contributed by atoms with Crippen molar-refractivity contribution in [3.63, 3.8) is 0 Å². The maximum absolute atomic E-state index is 5.50. The van der Waals surface area contributed by atoms with Crippen LogP contribution in [0.15, 0.2) is 23.0 Å². The summed E-state index contributed by atoms with van der Waals surface area (Å²) in [5.41, 5.74) is 10.7. The molecule has 0 fully saturated rings. The summed E-state index contributed by atoms with van der Waals surface area (Å²) in [7, 11) is 0. The molecule has 0 aromatic rings. The monoisotopic (exact) mass is 132 g/mol. The quantitative estimate of drug-likeness (QED) is 0.521. The lowest BCUT2D eigenvalue weighted by atomic mass is 10.4. The predicted molar refractivity (Wildman–Crippen MR) is 36.1 cm³/mol. The summed E-state index contributed by atoms with van der Waals surface area (Å²) in [5, 5.41) is 0.493. The first-order chi connectivity index (χ1) is 3.72. The second-order valence-electron chi connectivity index (χ2n) is 1.26. The minimum atomic E-state index is 0.411. The first-order valence-corrected chi connectivity index (χ1v) is 2.59. The summed E-state index contributed by atoms with van der Waals surface area (Å²) in [6.45, 7) is 1.79. The third-order valence-electron chi connectivity index (χ3n) is 0.709. The molecule has 0 rings (SSSR count). The van der Waals surface area contributed by atoms with Crippen LogP contribution >= 0.6 is 11.6 Å². The van der Waals surface area contributed by atoms with Crippen molar-refractivity contribution in [1.29, 1.82) is 0 Å². The second-order valence-corrected chi connectivity index (χ2v) is 1.67. The van der Waals surface area contributed by atoms with Crippen LogP contribution in [0.5, 0.6) is 0 Å². The van der Waals surface area contributed by atoms with E-state index in [1.807, 2.05) is 0 Å². The van der Waals surface area contributed by atoms with Gasteiger partial charge in [-0.2, -0.15) is 0 Å². The highest BCUT2D eigenvalue weighted by Crippen LogP contribution is 2.05. The molecule has 0 saturated carbocycles. The lowest BCUT2D eigenvalue weighted by molar-refractivity contribution is 1.34. The Labute approximate surface area is 53.8 Å². The Hall–Kier alpha value is -0.630. The maximum atomic E-state index is 5.50. The molecule has 0 aromatic heterocycles. The van der Waals surface area contributed by atoms with Crippen molar-refractivity contribution in [2.75, 3.05) is 0 Å². The van der Waals surface area contributed by atoms with Crippen molar-refractivity contribution in [1.82, 2.24) is 0 Å². The van der Waals surface area contributed by atoms with Crippen molar-refractivity contribution >= 4 is 11.6 Å². The van der Waals surface area contributed by atoms with Crippen LogP contribution in [0.1, 0.15) is 6.92 Å². The molecule has 3 heteroatoms. The zero-order valence-corrected chi connectivity index (χ0v) is 5.44. The third kappa shape index (κ3) is 1.89. The van der Waals surface area contributed by atoms with Gasteiger partial charge in [-0.1, -0.05) is 17.7 Å². The Balaban J connectivity index is 4.04. The highest BCUT2D eigenvalue weighted by atomic mass is 35.5. The molecule has 0 amide bonds. The van der Waals surface area contributed by atoms with Crippen molar-refractivity contribution < 1.29 is 0 Å². The summed E-state index contributed by atoms with van der Waals surface area (Å²) in [5.74, 6) is 0. The molecule has 0 heterocycles. The molecule has 8 heavy (non-hydrogen) atoms. The first-order valence-electron chi connectivity index (χ1n) is 2.22. The van der Waals surface area contributed by atoms with Crippen LogP contribution < -0.4 is 11.5 Å². The van der Waals surface area contributed by atoms with Crippen molar-refractivity contribution in [2.24, 2.45) is 11.5 Å². The summed E-state index contributed by atoms with van der Waals surface area (Å²) in [4.78, 5) is 0. The fourth-order valence-corrected chi connectivity index (χ4v) is 0.309. The SMILES string of the molecule is C/C=C(Cl)\C(N)=C/N. The largest absolute Gasteiger partial charge is 0.403 e. The molecule has 0 saturated heterocycles. The van der Waals surface area contributed by atoms with Gasteiger partial charge < -0.3 is 11.5 Å². The summed E-state index contributed by atoms with van der Waals surface area (Å²) < 4.78 is 0. The average Bonchev–Trinajstić information content (AvgIpc) is 1.84. The van der Waals surface area contributed by atoms with Crippen LogP contribution in [-0.4, -0.2) is 0 Å². The third-order valence-corrected chi connectivity index (χ3v) is 1.15. The molecule has 46 valence electrons. The van der Waals surface area contributed by atoms with Gasteiger partial charge in [0.25, 0.3) is 0 Å². The Bertz CT molecular complexity index is 110. The van der Waals surface area contributed by atoms with Crippen LogP contribution in [0, 0.1) is 0 Å². The highest BCUT2D eigenvalue weighted by molar-refractivity contribution is 6.31. The normalized spacial score (nSPS) is 14.2. The van der Waals surface area contributed by atoms with Gasteiger partial charge in [0.15, 0.2) is 0 Å². The van der Waals surface area contributed by atoms with Gasteiger partial charge >= 0.3 is 0 Å². The Morgan fingerprint density at radius 3 is 2.25 bits per heavy atom. The molecule has 2 nitrogen and oxygen atoms in total. The van der Waals surface area contributed by atoms with E-state index < -0.39 is 0 Å². The molecule has 0 radical (unpaired) electrons. The van der Waals surface area contributed by atoms with E-state index in [9.17, 15) is 0 Å². The lowest BCUT2D eigenvalue weighted by Crippen LogP contribution is -1.99. The van der Waals surface area contributed by atoms with Crippen LogP contribution in [0.25, 0.3) is 0 Å². The van der Waals surface area contributed by atoms with E-state index in [1.165, 1.54) is 6.20 Å². The van der Waals surface area contributed by atoms with Crippen molar-refractivity contribution in [3.05, 3.63) is 23.0 Å². The minimum absolute atomic E-state index is 0.411. The number of halogens is 1. The van der Waals surface area contributed by atoms with Crippen LogP contribution in [-0.2, 0) is 0 Å². The topological polar surface area (TPSA) is 52.0 Å². The standard InChI is InChI=1S/C5H9ClN2/c1-2-4(6)5(8)3-7/h2-3H,7-8H2,1H3/b4-2+,5-3+. The minimum Gasteiger partial charge on any atom is -0.403 e. The predicted octanol–water partition coefficient (Wildman–Crippen LogP) is 0.888. The van der Waals surface area contributed by atoms with Crippen LogP contribution in [0.4, 0.5) is 0 Å². The Kier molecular flexibility index (Phi) is 3.12. The van der Waals surface area contributed by atoms with E-state index >= 15 is 0 Å². The second kappa shape index (κ2) is 3.38. The van der Waals surface area contributed by atoms with Crippen molar-refractivity contribution in [2.45, 2.75) is 6.92 Å². The molecule has 0 aliphatic heterocycles. The molecule has 0 aromatic carbocycles. The number of hydrogen-bond acceptors (Lipinski definition) is 2. The number of hydrogen-bond donors (Lipinski definition) is 2. The van der Waals surface area contributed by atoms with Gasteiger partial charge in [0.05, 0.1) is 10.7 Å². The Morgan fingerprint density at radius 2 is 2.12 bits per heavy atom. The van der Waals surface area contributed by atoms with Gasteiger partial charge in [0, 0.05) is 6.20 Å². The summed E-state index contributed by atoms with van der Waals surface area (Å²) in [6, 6.07) is 0. The average molecular weight is 133 g/mol. The molecule has 0 unspecified atom stereocenters. The molecule has 0 atom stereocenters. The molecule has 0 bridgehead atoms. The molecule has 0 aliphatic rings.